The average Bonchev–Trinajstić information content (AvgIpc) is 2.23. The molecule has 1 fully saturated rings. The van der Waals surface area contributed by atoms with Crippen LogP contribution in [0.15, 0.2) is 18.2 Å². The summed E-state index contributed by atoms with van der Waals surface area (Å²) >= 11 is 0. The molecule has 0 aliphatic carbocycles. The lowest BCUT2D eigenvalue weighted by Gasteiger charge is -2.26. The summed E-state index contributed by atoms with van der Waals surface area (Å²) in [5, 5.41) is 0. The van der Waals surface area contributed by atoms with Crippen molar-refractivity contribution in [1.29, 1.82) is 0 Å². The van der Waals surface area contributed by atoms with E-state index < -0.39 is 0 Å². The van der Waals surface area contributed by atoms with Crippen LogP contribution in [-0.2, 0) is 6.54 Å². The summed E-state index contributed by atoms with van der Waals surface area (Å²) in [6, 6.07) is 7.72. The van der Waals surface area contributed by atoms with Gasteiger partial charge in [-0.3, -0.25) is 4.90 Å². The van der Waals surface area contributed by atoms with Gasteiger partial charge in [0.25, 0.3) is 0 Å². The standard InChI is InChI=1S/C12H15FN/c13-12-6-4-11(5-7-12)10-14-8-2-1-3-9-14/h4,6-7H,1-3,8-10H2. The maximum absolute atomic E-state index is 12.6. The van der Waals surface area contributed by atoms with E-state index in [1.165, 1.54) is 44.5 Å². The topological polar surface area (TPSA) is 3.24 Å². The van der Waals surface area contributed by atoms with Gasteiger partial charge in [-0.2, -0.15) is 0 Å². The average molecular weight is 192 g/mol. The molecule has 2 heteroatoms. The largest absolute Gasteiger partial charge is 0.299 e. The number of hydrogen-bond acceptors (Lipinski definition) is 1. The van der Waals surface area contributed by atoms with E-state index in [0.717, 1.165) is 12.1 Å². The minimum atomic E-state index is -0.201. The number of rotatable bonds is 2. The van der Waals surface area contributed by atoms with E-state index in [0.29, 0.717) is 0 Å². The Morgan fingerprint density at radius 3 is 2.64 bits per heavy atom. The summed E-state index contributed by atoms with van der Waals surface area (Å²) in [6.07, 6.45) is 3.94. The van der Waals surface area contributed by atoms with Gasteiger partial charge in [0, 0.05) is 6.54 Å². The SMILES string of the molecule is Fc1c[c]c(CN2CCCCC2)cc1. The van der Waals surface area contributed by atoms with E-state index in [9.17, 15) is 4.39 Å². The van der Waals surface area contributed by atoms with Gasteiger partial charge >= 0.3 is 0 Å². The molecule has 0 atom stereocenters. The summed E-state index contributed by atoms with van der Waals surface area (Å²) in [4.78, 5) is 2.41. The lowest BCUT2D eigenvalue weighted by Crippen LogP contribution is -2.29. The van der Waals surface area contributed by atoms with Gasteiger partial charge in [0.15, 0.2) is 0 Å². The zero-order valence-electron chi connectivity index (χ0n) is 8.30. The van der Waals surface area contributed by atoms with Crippen molar-refractivity contribution in [2.24, 2.45) is 0 Å². The smallest absolute Gasteiger partial charge is 0.123 e. The highest BCUT2D eigenvalue weighted by Crippen LogP contribution is 2.12. The number of piperidine rings is 1. The third-order valence-electron chi connectivity index (χ3n) is 2.68. The van der Waals surface area contributed by atoms with E-state index in [2.05, 4.69) is 11.0 Å². The van der Waals surface area contributed by atoms with Crippen LogP contribution in [0.25, 0.3) is 0 Å². The van der Waals surface area contributed by atoms with E-state index in [1.54, 1.807) is 0 Å². The molecule has 1 aromatic rings. The lowest BCUT2D eigenvalue weighted by molar-refractivity contribution is 0.220. The first-order valence-corrected chi connectivity index (χ1v) is 5.23. The molecular formula is C12H15FN. The molecule has 0 saturated carbocycles. The minimum Gasteiger partial charge on any atom is -0.299 e. The Bertz CT molecular complexity index is 275. The number of halogens is 1. The number of benzene rings is 1. The van der Waals surface area contributed by atoms with Crippen LogP contribution in [0.4, 0.5) is 4.39 Å². The fourth-order valence-electron chi connectivity index (χ4n) is 1.89. The van der Waals surface area contributed by atoms with Crippen LogP contribution in [0.3, 0.4) is 0 Å². The Morgan fingerprint density at radius 2 is 2.00 bits per heavy atom. The number of hydrogen-bond donors (Lipinski definition) is 0. The first-order chi connectivity index (χ1) is 6.84. The second-order valence-electron chi connectivity index (χ2n) is 3.87. The van der Waals surface area contributed by atoms with Gasteiger partial charge in [0.05, 0.1) is 0 Å². The molecule has 0 bridgehead atoms. The van der Waals surface area contributed by atoms with Crippen molar-refractivity contribution in [2.75, 3.05) is 13.1 Å². The first kappa shape index (κ1) is 9.66. The molecule has 0 spiro atoms. The van der Waals surface area contributed by atoms with Gasteiger partial charge in [0.2, 0.25) is 0 Å². The van der Waals surface area contributed by atoms with Crippen LogP contribution >= 0.6 is 0 Å². The maximum Gasteiger partial charge on any atom is 0.123 e. The zero-order chi connectivity index (χ0) is 9.80. The molecule has 2 rings (SSSR count). The predicted molar refractivity (Wildman–Crippen MR) is 54.4 cm³/mol. The van der Waals surface area contributed by atoms with Crippen LogP contribution in [0.2, 0.25) is 0 Å². The molecule has 1 nitrogen and oxygen atoms in total. The van der Waals surface area contributed by atoms with Gasteiger partial charge in [-0.25, -0.2) is 4.39 Å². The summed E-state index contributed by atoms with van der Waals surface area (Å²) in [5.74, 6) is -0.201. The van der Waals surface area contributed by atoms with Crippen LogP contribution in [0.5, 0.6) is 0 Å². The maximum atomic E-state index is 12.6. The zero-order valence-corrected chi connectivity index (χ0v) is 8.30. The van der Waals surface area contributed by atoms with Crippen molar-refractivity contribution in [3.05, 3.63) is 35.6 Å². The summed E-state index contributed by atoms with van der Waals surface area (Å²) < 4.78 is 12.6. The summed E-state index contributed by atoms with van der Waals surface area (Å²) in [6.45, 7) is 3.26. The molecule has 0 unspecified atom stereocenters. The number of nitrogens with zero attached hydrogens (tertiary/aromatic N) is 1. The molecule has 0 amide bonds. The first-order valence-electron chi connectivity index (χ1n) is 5.23. The van der Waals surface area contributed by atoms with E-state index in [4.69, 9.17) is 0 Å². The van der Waals surface area contributed by atoms with Crippen molar-refractivity contribution in [2.45, 2.75) is 25.8 Å². The third-order valence-corrected chi connectivity index (χ3v) is 2.68. The minimum absolute atomic E-state index is 0.201. The highest BCUT2D eigenvalue weighted by atomic mass is 19.1. The van der Waals surface area contributed by atoms with E-state index in [-0.39, 0.29) is 5.82 Å². The van der Waals surface area contributed by atoms with Crippen molar-refractivity contribution in [3.63, 3.8) is 0 Å². The molecule has 1 radical (unpaired) electrons. The van der Waals surface area contributed by atoms with Gasteiger partial charge in [-0.1, -0.05) is 12.5 Å². The monoisotopic (exact) mass is 192 g/mol. The molecule has 0 aromatic heterocycles. The van der Waals surface area contributed by atoms with Gasteiger partial charge < -0.3 is 0 Å². The van der Waals surface area contributed by atoms with Gasteiger partial charge in [-0.15, -0.1) is 0 Å². The Balaban J connectivity index is 1.92. The van der Waals surface area contributed by atoms with Crippen LogP contribution < -0.4 is 0 Å². The molecule has 75 valence electrons. The molecular weight excluding hydrogens is 177 g/mol. The van der Waals surface area contributed by atoms with Gasteiger partial charge in [0.1, 0.15) is 5.82 Å². The fourth-order valence-corrected chi connectivity index (χ4v) is 1.89. The molecule has 14 heavy (non-hydrogen) atoms. The molecule has 0 N–H and O–H groups in total. The third kappa shape index (κ3) is 2.55. The molecule has 1 aliphatic heterocycles. The molecule has 1 saturated heterocycles. The normalized spacial score (nSPS) is 18.4. The highest BCUT2D eigenvalue weighted by Gasteiger charge is 2.09. The highest BCUT2D eigenvalue weighted by molar-refractivity contribution is 5.14. The van der Waals surface area contributed by atoms with E-state index in [1.807, 2.05) is 6.07 Å². The quantitative estimate of drug-likeness (QED) is 0.696. The summed E-state index contributed by atoms with van der Waals surface area (Å²) in [5.41, 5.74) is 1.09. The van der Waals surface area contributed by atoms with Crippen molar-refractivity contribution in [3.8, 4) is 0 Å². The second-order valence-corrected chi connectivity index (χ2v) is 3.87. The lowest BCUT2D eigenvalue weighted by atomic mass is 10.1. The predicted octanol–water partition coefficient (Wildman–Crippen LogP) is 2.61. The number of likely N-dealkylation sites (tertiary alicyclic amines) is 1. The Kier molecular flexibility index (Phi) is 3.14. The van der Waals surface area contributed by atoms with Crippen molar-refractivity contribution in [1.82, 2.24) is 4.90 Å². The van der Waals surface area contributed by atoms with Crippen LogP contribution in [-0.4, -0.2) is 18.0 Å². The Morgan fingerprint density at radius 1 is 1.21 bits per heavy atom. The van der Waals surface area contributed by atoms with Crippen LogP contribution in [0.1, 0.15) is 24.8 Å². The molecule has 1 heterocycles. The Labute approximate surface area is 84.5 Å². The summed E-state index contributed by atoms with van der Waals surface area (Å²) in [7, 11) is 0. The second kappa shape index (κ2) is 4.56. The van der Waals surface area contributed by atoms with Crippen molar-refractivity contribution < 1.29 is 4.39 Å². The molecule has 1 aromatic carbocycles. The molecule has 1 aliphatic rings. The fraction of sp³-hybridized carbons (Fsp3) is 0.500. The van der Waals surface area contributed by atoms with Gasteiger partial charge in [-0.05, 0) is 49.7 Å². The van der Waals surface area contributed by atoms with E-state index >= 15 is 0 Å². The Hall–Kier alpha value is -0.890. The van der Waals surface area contributed by atoms with Crippen molar-refractivity contribution >= 4 is 0 Å². The van der Waals surface area contributed by atoms with Crippen LogP contribution in [0, 0.1) is 11.9 Å².